The predicted molar refractivity (Wildman–Crippen MR) is 66.8 cm³/mol. The lowest BCUT2D eigenvalue weighted by Crippen LogP contribution is -2.31. The molecular weight excluding hydrogens is 204 g/mol. The third kappa shape index (κ3) is 8.83. The van der Waals surface area contributed by atoms with Gasteiger partial charge in [-0.3, -0.25) is 4.79 Å². The van der Waals surface area contributed by atoms with E-state index in [0.717, 1.165) is 19.7 Å². The monoisotopic (exact) mass is 230 g/mol. The number of carbonyl (C=O) groups is 1. The molecule has 16 heavy (non-hydrogen) atoms. The first kappa shape index (κ1) is 15.6. The third-order valence-corrected chi connectivity index (χ3v) is 2.61. The minimum Gasteiger partial charge on any atom is -0.379 e. The normalized spacial score (nSPS) is 11.4. The molecule has 0 aliphatic rings. The van der Waals surface area contributed by atoms with Crippen LogP contribution in [-0.4, -0.2) is 56.6 Å². The molecule has 0 aliphatic carbocycles. The van der Waals surface area contributed by atoms with Gasteiger partial charge in [0.2, 0.25) is 0 Å². The summed E-state index contributed by atoms with van der Waals surface area (Å²) in [6.45, 7) is 9.79. The second kappa shape index (κ2) is 9.75. The molecule has 0 atom stereocenters. The molecule has 96 valence electrons. The van der Waals surface area contributed by atoms with Crippen LogP contribution in [0.4, 0.5) is 0 Å². The quantitative estimate of drug-likeness (QED) is 0.567. The summed E-state index contributed by atoms with van der Waals surface area (Å²) >= 11 is 0. The Hall–Kier alpha value is -0.450. The Morgan fingerprint density at radius 2 is 2.06 bits per heavy atom. The Morgan fingerprint density at radius 3 is 2.62 bits per heavy atom. The number of nitrogens with one attached hydrogen (secondary N) is 1. The van der Waals surface area contributed by atoms with Crippen molar-refractivity contribution >= 4 is 5.78 Å². The van der Waals surface area contributed by atoms with Crippen molar-refractivity contribution in [2.24, 2.45) is 0 Å². The van der Waals surface area contributed by atoms with Crippen molar-refractivity contribution < 1.29 is 9.53 Å². The molecule has 4 heteroatoms. The van der Waals surface area contributed by atoms with Crippen LogP contribution < -0.4 is 5.32 Å². The van der Waals surface area contributed by atoms with E-state index in [-0.39, 0.29) is 5.78 Å². The molecule has 0 heterocycles. The van der Waals surface area contributed by atoms with Gasteiger partial charge in [0.05, 0.1) is 19.8 Å². The SMILES string of the molecule is CCC(=O)CNCCOCCN(C)C(C)C. The smallest absolute Gasteiger partial charge is 0.146 e. The van der Waals surface area contributed by atoms with E-state index in [9.17, 15) is 4.79 Å². The minimum atomic E-state index is 0.250. The molecule has 0 bridgehead atoms. The predicted octanol–water partition coefficient (Wildman–Crippen LogP) is 0.912. The first-order valence-corrected chi connectivity index (χ1v) is 6.08. The van der Waals surface area contributed by atoms with Gasteiger partial charge in [-0.25, -0.2) is 0 Å². The van der Waals surface area contributed by atoms with Gasteiger partial charge in [0.25, 0.3) is 0 Å². The van der Waals surface area contributed by atoms with E-state index < -0.39 is 0 Å². The Kier molecular flexibility index (Phi) is 9.48. The summed E-state index contributed by atoms with van der Waals surface area (Å²) in [5.41, 5.74) is 0. The highest BCUT2D eigenvalue weighted by atomic mass is 16.5. The van der Waals surface area contributed by atoms with Crippen LogP contribution in [0.15, 0.2) is 0 Å². The second-order valence-electron chi connectivity index (χ2n) is 4.26. The standard InChI is InChI=1S/C12H26N2O2/c1-5-12(15)10-13-6-8-16-9-7-14(4)11(2)3/h11,13H,5-10H2,1-4H3. The Balaban J connectivity index is 3.19. The lowest BCUT2D eigenvalue weighted by Gasteiger charge is -2.20. The number of Topliss-reactive ketones (excluding diaryl/α,β-unsaturated/α-hetero) is 1. The summed E-state index contributed by atoms with van der Waals surface area (Å²) in [5.74, 6) is 0.250. The van der Waals surface area contributed by atoms with E-state index in [4.69, 9.17) is 4.74 Å². The van der Waals surface area contributed by atoms with Crippen LogP contribution in [-0.2, 0) is 9.53 Å². The molecule has 0 aromatic rings. The highest BCUT2D eigenvalue weighted by Gasteiger charge is 2.01. The van der Waals surface area contributed by atoms with Crippen molar-refractivity contribution in [2.45, 2.75) is 33.2 Å². The number of likely N-dealkylation sites (N-methyl/N-ethyl adjacent to an activating group) is 1. The van der Waals surface area contributed by atoms with Crippen LogP contribution >= 0.6 is 0 Å². The molecule has 0 unspecified atom stereocenters. The molecule has 0 aromatic carbocycles. The van der Waals surface area contributed by atoms with Crippen molar-refractivity contribution in [2.75, 3.05) is 39.9 Å². The highest BCUT2D eigenvalue weighted by Crippen LogP contribution is 1.91. The zero-order valence-electron chi connectivity index (χ0n) is 11.1. The fourth-order valence-electron chi connectivity index (χ4n) is 1.07. The van der Waals surface area contributed by atoms with Crippen molar-refractivity contribution in [3.8, 4) is 0 Å². The number of hydrogen-bond acceptors (Lipinski definition) is 4. The van der Waals surface area contributed by atoms with Gasteiger partial charge in [-0.05, 0) is 20.9 Å². The van der Waals surface area contributed by atoms with E-state index in [1.54, 1.807) is 0 Å². The van der Waals surface area contributed by atoms with E-state index in [2.05, 4.69) is 31.1 Å². The number of ketones is 1. The topological polar surface area (TPSA) is 41.6 Å². The number of ether oxygens (including phenoxy) is 1. The van der Waals surface area contributed by atoms with Crippen LogP contribution in [0, 0.1) is 0 Å². The largest absolute Gasteiger partial charge is 0.379 e. The average molecular weight is 230 g/mol. The second-order valence-corrected chi connectivity index (χ2v) is 4.26. The van der Waals surface area contributed by atoms with Crippen LogP contribution in [0.25, 0.3) is 0 Å². The summed E-state index contributed by atoms with van der Waals surface area (Å²) in [6.07, 6.45) is 0.604. The van der Waals surface area contributed by atoms with E-state index in [1.165, 1.54) is 0 Å². The van der Waals surface area contributed by atoms with E-state index in [1.807, 2.05) is 6.92 Å². The van der Waals surface area contributed by atoms with Gasteiger partial charge in [-0.2, -0.15) is 0 Å². The molecule has 1 N–H and O–H groups in total. The maximum absolute atomic E-state index is 11.0. The fourth-order valence-corrected chi connectivity index (χ4v) is 1.07. The molecule has 0 spiro atoms. The first-order chi connectivity index (χ1) is 7.57. The molecule has 0 rings (SSSR count). The number of carbonyl (C=O) groups excluding carboxylic acids is 1. The minimum absolute atomic E-state index is 0.250. The molecule has 0 aromatic heterocycles. The summed E-state index contributed by atoms with van der Waals surface area (Å²) < 4.78 is 5.45. The van der Waals surface area contributed by atoms with E-state index in [0.29, 0.717) is 25.6 Å². The molecule has 0 saturated heterocycles. The molecule has 0 fully saturated rings. The van der Waals surface area contributed by atoms with E-state index >= 15 is 0 Å². The summed E-state index contributed by atoms with van der Waals surface area (Å²) in [6, 6.07) is 0.559. The molecular formula is C12H26N2O2. The van der Waals surface area contributed by atoms with Crippen LogP contribution in [0.1, 0.15) is 27.2 Å². The van der Waals surface area contributed by atoms with Gasteiger partial charge >= 0.3 is 0 Å². The summed E-state index contributed by atoms with van der Waals surface area (Å²) in [5, 5.41) is 3.06. The van der Waals surface area contributed by atoms with Gasteiger partial charge < -0.3 is 15.0 Å². The zero-order valence-corrected chi connectivity index (χ0v) is 11.1. The molecule has 0 saturated carbocycles. The van der Waals surface area contributed by atoms with Crippen LogP contribution in [0.2, 0.25) is 0 Å². The Bertz CT molecular complexity index is 184. The van der Waals surface area contributed by atoms with Gasteiger partial charge in [-0.15, -0.1) is 0 Å². The molecule has 0 aliphatic heterocycles. The fraction of sp³-hybridized carbons (Fsp3) is 0.917. The Morgan fingerprint density at radius 1 is 1.38 bits per heavy atom. The number of rotatable bonds is 10. The van der Waals surface area contributed by atoms with Crippen LogP contribution in [0.3, 0.4) is 0 Å². The van der Waals surface area contributed by atoms with Gasteiger partial charge in [-0.1, -0.05) is 6.92 Å². The van der Waals surface area contributed by atoms with Crippen molar-refractivity contribution in [3.05, 3.63) is 0 Å². The first-order valence-electron chi connectivity index (χ1n) is 6.08. The van der Waals surface area contributed by atoms with Crippen molar-refractivity contribution in [1.29, 1.82) is 0 Å². The number of nitrogens with zero attached hydrogens (tertiary/aromatic N) is 1. The van der Waals surface area contributed by atoms with Gasteiger partial charge in [0.1, 0.15) is 5.78 Å². The lowest BCUT2D eigenvalue weighted by molar-refractivity contribution is -0.117. The maximum Gasteiger partial charge on any atom is 0.146 e. The highest BCUT2D eigenvalue weighted by molar-refractivity contribution is 5.80. The molecule has 0 amide bonds. The van der Waals surface area contributed by atoms with Gasteiger partial charge in [0.15, 0.2) is 0 Å². The van der Waals surface area contributed by atoms with Crippen LogP contribution in [0.5, 0.6) is 0 Å². The number of hydrogen-bond donors (Lipinski definition) is 1. The Labute approximate surface area is 99.3 Å². The summed E-state index contributed by atoms with van der Waals surface area (Å²) in [7, 11) is 2.09. The zero-order chi connectivity index (χ0) is 12.4. The van der Waals surface area contributed by atoms with Crippen molar-refractivity contribution in [3.63, 3.8) is 0 Å². The third-order valence-electron chi connectivity index (χ3n) is 2.61. The molecule has 0 radical (unpaired) electrons. The van der Waals surface area contributed by atoms with Gasteiger partial charge in [0, 0.05) is 25.6 Å². The average Bonchev–Trinajstić information content (AvgIpc) is 2.26. The summed E-state index contributed by atoms with van der Waals surface area (Å²) in [4.78, 5) is 13.2. The maximum atomic E-state index is 11.0. The lowest BCUT2D eigenvalue weighted by atomic mass is 10.3. The van der Waals surface area contributed by atoms with Crippen molar-refractivity contribution in [1.82, 2.24) is 10.2 Å². The molecule has 4 nitrogen and oxygen atoms in total.